The minimum atomic E-state index is -4.34. The first-order chi connectivity index (χ1) is 9.35. The predicted octanol–water partition coefficient (Wildman–Crippen LogP) is 4.11. The molecule has 0 aliphatic rings. The maximum absolute atomic E-state index is 12.0. The van der Waals surface area contributed by atoms with Crippen molar-refractivity contribution in [3.63, 3.8) is 0 Å². The van der Waals surface area contributed by atoms with E-state index in [1.165, 1.54) is 0 Å². The quantitative estimate of drug-likeness (QED) is 0.803. The average molecular weight is 310 g/mol. The third kappa shape index (κ3) is 5.69. The average Bonchev–Trinajstić information content (AvgIpc) is 2.37. The van der Waals surface area contributed by atoms with E-state index >= 15 is 0 Å². The number of rotatable bonds is 6. The Balaban J connectivity index is 2.66. The number of ether oxygens (including phenoxy) is 1. The molecule has 112 valence electrons. The molecule has 0 aliphatic carbocycles. The van der Waals surface area contributed by atoms with Crippen LogP contribution in [0, 0.1) is 0 Å². The molecular weight excluding hydrogens is 295 g/mol. The van der Waals surface area contributed by atoms with Gasteiger partial charge in [-0.2, -0.15) is 13.2 Å². The van der Waals surface area contributed by atoms with Gasteiger partial charge in [0.25, 0.3) is 0 Å². The molecule has 1 aromatic carbocycles. The predicted molar refractivity (Wildman–Crippen MR) is 71.1 cm³/mol. The van der Waals surface area contributed by atoms with Crippen LogP contribution in [0.3, 0.4) is 0 Å². The maximum Gasteiger partial charge on any atom is 0.389 e. The zero-order chi connectivity index (χ0) is 15.2. The van der Waals surface area contributed by atoms with E-state index in [-0.39, 0.29) is 5.88 Å². The van der Waals surface area contributed by atoms with E-state index in [2.05, 4.69) is 5.32 Å². The first kappa shape index (κ1) is 16.6. The van der Waals surface area contributed by atoms with Crippen LogP contribution in [0.25, 0.3) is 0 Å². The summed E-state index contributed by atoms with van der Waals surface area (Å²) in [7, 11) is 0. The van der Waals surface area contributed by atoms with Crippen LogP contribution in [0.5, 0.6) is 5.75 Å². The highest BCUT2D eigenvalue weighted by molar-refractivity contribution is 6.17. The molecule has 0 fully saturated rings. The summed E-state index contributed by atoms with van der Waals surface area (Å²) in [4.78, 5) is 11.4. The van der Waals surface area contributed by atoms with Gasteiger partial charge in [0.15, 0.2) is 0 Å². The van der Waals surface area contributed by atoms with Crippen molar-refractivity contribution in [3.8, 4) is 5.75 Å². The first-order valence-corrected chi connectivity index (χ1v) is 6.57. The van der Waals surface area contributed by atoms with E-state index in [9.17, 15) is 18.0 Å². The molecule has 0 unspecified atom stereocenters. The molecule has 0 aromatic heterocycles. The van der Waals surface area contributed by atoms with Gasteiger partial charge in [-0.3, -0.25) is 4.79 Å². The van der Waals surface area contributed by atoms with Gasteiger partial charge in [0.1, 0.15) is 5.75 Å². The summed E-state index contributed by atoms with van der Waals surface area (Å²) in [6, 6.07) is 4.77. The first-order valence-electron chi connectivity index (χ1n) is 6.04. The SMILES string of the molecule is CCOc1ccc(NC(=O)CCC(F)(F)F)cc1CCl. The number of halogens is 4. The molecule has 1 rings (SSSR count). The monoisotopic (exact) mass is 309 g/mol. The van der Waals surface area contributed by atoms with Gasteiger partial charge in [-0.15, -0.1) is 11.6 Å². The van der Waals surface area contributed by atoms with Crippen LogP contribution in [-0.4, -0.2) is 18.7 Å². The number of carbonyl (C=O) groups excluding carboxylic acids is 1. The Bertz CT molecular complexity index is 463. The van der Waals surface area contributed by atoms with E-state index in [1.54, 1.807) is 18.2 Å². The Morgan fingerprint density at radius 2 is 2.10 bits per heavy atom. The summed E-state index contributed by atoms with van der Waals surface area (Å²) in [5.74, 6) is 0.0875. The molecule has 3 nitrogen and oxygen atoms in total. The number of carbonyl (C=O) groups is 1. The van der Waals surface area contributed by atoms with Gasteiger partial charge in [0.05, 0.1) is 18.9 Å². The number of anilines is 1. The third-order valence-corrected chi connectivity index (χ3v) is 2.71. The van der Waals surface area contributed by atoms with E-state index < -0.39 is 24.9 Å². The molecule has 0 bridgehead atoms. The second-order valence-corrected chi connectivity index (χ2v) is 4.32. The van der Waals surface area contributed by atoms with E-state index in [0.717, 1.165) is 0 Å². The number of hydrogen-bond acceptors (Lipinski definition) is 2. The summed E-state index contributed by atoms with van der Waals surface area (Å²) < 4.78 is 41.3. The number of hydrogen-bond donors (Lipinski definition) is 1. The van der Waals surface area contributed by atoms with Crippen LogP contribution in [0.1, 0.15) is 25.3 Å². The molecule has 0 aliphatic heterocycles. The Morgan fingerprint density at radius 3 is 2.65 bits per heavy atom. The van der Waals surface area contributed by atoms with Crippen molar-refractivity contribution in [2.45, 2.75) is 31.8 Å². The Labute approximate surface area is 120 Å². The zero-order valence-corrected chi connectivity index (χ0v) is 11.6. The van der Waals surface area contributed by atoms with Gasteiger partial charge in [-0.25, -0.2) is 0 Å². The molecule has 20 heavy (non-hydrogen) atoms. The lowest BCUT2D eigenvalue weighted by atomic mass is 10.2. The Kier molecular flexibility index (Phi) is 6.13. The molecule has 0 spiro atoms. The van der Waals surface area contributed by atoms with Crippen LogP contribution >= 0.6 is 11.6 Å². The van der Waals surface area contributed by atoms with Gasteiger partial charge in [0, 0.05) is 17.7 Å². The summed E-state index contributed by atoms with van der Waals surface area (Å²) in [6.07, 6.45) is -6.08. The van der Waals surface area contributed by atoms with Gasteiger partial charge < -0.3 is 10.1 Å². The summed E-state index contributed by atoms with van der Waals surface area (Å²) in [6.45, 7) is 2.30. The zero-order valence-electron chi connectivity index (χ0n) is 10.9. The lowest BCUT2D eigenvalue weighted by Gasteiger charge is -2.11. The van der Waals surface area contributed by atoms with E-state index in [1.807, 2.05) is 6.92 Å². The fourth-order valence-electron chi connectivity index (χ4n) is 1.54. The number of alkyl halides is 4. The highest BCUT2D eigenvalue weighted by Gasteiger charge is 2.27. The van der Waals surface area contributed by atoms with Crippen LogP contribution in [0.4, 0.5) is 18.9 Å². The second-order valence-electron chi connectivity index (χ2n) is 4.05. The highest BCUT2D eigenvalue weighted by atomic mass is 35.5. The summed E-state index contributed by atoms with van der Waals surface area (Å²) in [5.41, 5.74) is 1.07. The Morgan fingerprint density at radius 1 is 1.40 bits per heavy atom. The molecule has 0 radical (unpaired) electrons. The molecule has 0 heterocycles. The summed E-state index contributed by atoms with van der Waals surface area (Å²) >= 11 is 5.76. The topological polar surface area (TPSA) is 38.3 Å². The molecule has 1 N–H and O–H groups in total. The van der Waals surface area contributed by atoms with Crippen LogP contribution in [0.2, 0.25) is 0 Å². The van der Waals surface area contributed by atoms with Crippen molar-refractivity contribution in [2.75, 3.05) is 11.9 Å². The van der Waals surface area contributed by atoms with Crippen molar-refractivity contribution in [2.24, 2.45) is 0 Å². The van der Waals surface area contributed by atoms with Crippen LogP contribution < -0.4 is 10.1 Å². The second kappa shape index (κ2) is 7.38. The molecule has 1 aromatic rings. The standard InChI is InChI=1S/C13H15ClF3NO2/c1-2-20-11-4-3-10(7-9(11)8-14)18-12(19)5-6-13(15,16)17/h3-4,7H,2,5-6,8H2,1H3,(H,18,19). The minimum absolute atomic E-state index is 0.182. The van der Waals surface area contributed by atoms with E-state index in [0.29, 0.717) is 23.6 Å². The third-order valence-electron chi connectivity index (χ3n) is 2.42. The Hall–Kier alpha value is -1.43. The van der Waals surface area contributed by atoms with Gasteiger partial charge in [-0.05, 0) is 25.1 Å². The molecule has 0 atom stereocenters. The minimum Gasteiger partial charge on any atom is -0.494 e. The van der Waals surface area contributed by atoms with Gasteiger partial charge in [-0.1, -0.05) is 0 Å². The molecule has 7 heteroatoms. The van der Waals surface area contributed by atoms with Crippen LogP contribution in [0.15, 0.2) is 18.2 Å². The summed E-state index contributed by atoms with van der Waals surface area (Å²) in [5, 5.41) is 2.41. The van der Waals surface area contributed by atoms with Crippen molar-refractivity contribution < 1.29 is 22.7 Å². The normalized spacial score (nSPS) is 11.2. The molecular formula is C13H15ClF3NO2. The van der Waals surface area contributed by atoms with Crippen molar-refractivity contribution >= 4 is 23.2 Å². The molecule has 1 amide bonds. The number of nitrogens with one attached hydrogen (secondary N) is 1. The smallest absolute Gasteiger partial charge is 0.389 e. The van der Waals surface area contributed by atoms with Gasteiger partial charge in [0.2, 0.25) is 5.91 Å². The lowest BCUT2D eigenvalue weighted by Crippen LogP contribution is -2.16. The largest absolute Gasteiger partial charge is 0.494 e. The van der Waals surface area contributed by atoms with Crippen molar-refractivity contribution in [1.29, 1.82) is 0 Å². The number of amides is 1. The molecule has 0 saturated carbocycles. The number of benzene rings is 1. The van der Waals surface area contributed by atoms with Crippen LogP contribution in [-0.2, 0) is 10.7 Å². The fraction of sp³-hybridized carbons (Fsp3) is 0.462. The van der Waals surface area contributed by atoms with E-state index in [4.69, 9.17) is 16.3 Å². The fourth-order valence-corrected chi connectivity index (χ4v) is 1.75. The highest BCUT2D eigenvalue weighted by Crippen LogP contribution is 2.25. The van der Waals surface area contributed by atoms with Gasteiger partial charge >= 0.3 is 6.18 Å². The maximum atomic E-state index is 12.0. The lowest BCUT2D eigenvalue weighted by molar-refractivity contribution is -0.142. The van der Waals surface area contributed by atoms with Crippen molar-refractivity contribution in [3.05, 3.63) is 23.8 Å². The van der Waals surface area contributed by atoms with Crippen molar-refractivity contribution in [1.82, 2.24) is 0 Å². The molecule has 0 saturated heterocycles.